The summed E-state index contributed by atoms with van der Waals surface area (Å²) in [5.74, 6) is -0.406. The van der Waals surface area contributed by atoms with Gasteiger partial charge in [0.25, 0.3) is 5.91 Å². The number of carbonyl (C=O) groups is 2. The van der Waals surface area contributed by atoms with Crippen LogP contribution in [0, 0.1) is 12.8 Å². The predicted octanol–water partition coefficient (Wildman–Crippen LogP) is 2.08. The molecule has 1 saturated heterocycles. The maximum Gasteiger partial charge on any atom is 0.257 e. The number of amides is 2. The van der Waals surface area contributed by atoms with Crippen LogP contribution in [0.1, 0.15) is 41.4 Å². The van der Waals surface area contributed by atoms with E-state index in [-0.39, 0.29) is 17.7 Å². The number of aryl methyl sites for hydroxylation is 1. The van der Waals surface area contributed by atoms with Crippen LogP contribution < -0.4 is 5.73 Å². The summed E-state index contributed by atoms with van der Waals surface area (Å²) in [4.78, 5) is 26.0. The normalized spacial score (nSPS) is 15.4. The molecule has 1 aromatic heterocycles. The van der Waals surface area contributed by atoms with Crippen LogP contribution in [0.3, 0.4) is 0 Å². The van der Waals surface area contributed by atoms with E-state index in [4.69, 9.17) is 5.73 Å². The molecule has 25 heavy (non-hydrogen) atoms. The van der Waals surface area contributed by atoms with E-state index in [1.54, 1.807) is 11.1 Å². The van der Waals surface area contributed by atoms with Crippen molar-refractivity contribution >= 4 is 11.8 Å². The van der Waals surface area contributed by atoms with Gasteiger partial charge in [-0.1, -0.05) is 24.6 Å². The molecule has 1 fully saturated rings. The molecule has 0 radical (unpaired) electrons. The highest BCUT2D eigenvalue weighted by molar-refractivity contribution is 5.95. The van der Waals surface area contributed by atoms with Crippen LogP contribution in [-0.4, -0.2) is 39.6 Å². The van der Waals surface area contributed by atoms with Crippen molar-refractivity contribution in [2.45, 2.75) is 33.1 Å². The first-order valence-electron chi connectivity index (χ1n) is 8.73. The van der Waals surface area contributed by atoms with E-state index in [9.17, 15) is 9.59 Å². The number of nitrogens with zero attached hydrogens (tertiary/aromatic N) is 3. The van der Waals surface area contributed by atoms with Crippen molar-refractivity contribution in [1.29, 1.82) is 0 Å². The van der Waals surface area contributed by atoms with Gasteiger partial charge in [0.1, 0.15) is 0 Å². The number of aromatic nitrogens is 2. The third kappa shape index (κ3) is 3.43. The Bertz CT molecular complexity index is 771. The second-order valence-electron chi connectivity index (χ2n) is 6.57. The lowest BCUT2D eigenvalue weighted by Gasteiger charge is -2.30. The highest BCUT2D eigenvalue weighted by Crippen LogP contribution is 2.22. The number of piperidine rings is 1. The SMILES string of the molecule is CCc1c(C(=O)N2CCC(C(N)=O)CC2)cnn1-c1ccc(C)cc1. The summed E-state index contributed by atoms with van der Waals surface area (Å²) < 4.78 is 1.84. The minimum atomic E-state index is -0.270. The predicted molar refractivity (Wildman–Crippen MR) is 95.5 cm³/mol. The molecule has 0 atom stereocenters. The molecular weight excluding hydrogens is 316 g/mol. The molecule has 6 nitrogen and oxygen atoms in total. The summed E-state index contributed by atoms with van der Waals surface area (Å²) >= 11 is 0. The first-order chi connectivity index (χ1) is 12.0. The first-order valence-corrected chi connectivity index (χ1v) is 8.73. The van der Waals surface area contributed by atoms with Crippen LogP contribution in [0.2, 0.25) is 0 Å². The van der Waals surface area contributed by atoms with Gasteiger partial charge in [-0.3, -0.25) is 9.59 Å². The van der Waals surface area contributed by atoms with E-state index in [2.05, 4.69) is 5.10 Å². The van der Waals surface area contributed by atoms with Gasteiger partial charge in [0.2, 0.25) is 5.91 Å². The Morgan fingerprint density at radius 3 is 2.40 bits per heavy atom. The minimum absolute atomic E-state index is 0.0156. The molecule has 132 valence electrons. The maximum absolute atomic E-state index is 12.9. The van der Waals surface area contributed by atoms with Gasteiger partial charge in [0, 0.05) is 19.0 Å². The van der Waals surface area contributed by atoms with Gasteiger partial charge >= 0.3 is 0 Å². The summed E-state index contributed by atoms with van der Waals surface area (Å²) in [5, 5.41) is 4.44. The standard InChI is InChI=1S/C19H24N4O2/c1-3-17-16(12-21-23(17)15-6-4-13(2)5-7-15)19(25)22-10-8-14(9-11-22)18(20)24/h4-7,12,14H,3,8-11H2,1-2H3,(H2,20,24). The van der Waals surface area contributed by atoms with Crippen molar-refractivity contribution in [1.82, 2.24) is 14.7 Å². The van der Waals surface area contributed by atoms with Crippen LogP contribution in [0.5, 0.6) is 0 Å². The molecule has 2 heterocycles. The lowest BCUT2D eigenvalue weighted by Crippen LogP contribution is -2.41. The molecule has 0 unspecified atom stereocenters. The number of likely N-dealkylation sites (tertiary alicyclic amines) is 1. The number of primary amides is 1. The maximum atomic E-state index is 12.9. The van der Waals surface area contributed by atoms with Crippen LogP contribution >= 0.6 is 0 Å². The quantitative estimate of drug-likeness (QED) is 0.925. The van der Waals surface area contributed by atoms with Crippen molar-refractivity contribution in [3.63, 3.8) is 0 Å². The number of hydrogen-bond donors (Lipinski definition) is 1. The van der Waals surface area contributed by atoms with Crippen LogP contribution in [-0.2, 0) is 11.2 Å². The molecule has 3 rings (SSSR count). The van der Waals surface area contributed by atoms with Crippen LogP contribution in [0.4, 0.5) is 0 Å². The van der Waals surface area contributed by atoms with Crippen molar-refractivity contribution < 1.29 is 9.59 Å². The number of rotatable bonds is 4. The molecule has 2 aromatic rings. The smallest absolute Gasteiger partial charge is 0.257 e. The van der Waals surface area contributed by atoms with Gasteiger partial charge in [-0.2, -0.15) is 5.10 Å². The number of hydrogen-bond acceptors (Lipinski definition) is 3. The highest BCUT2D eigenvalue weighted by atomic mass is 16.2. The fourth-order valence-corrected chi connectivity index (χ4v) is 3.34. The van der Waals surface area contributed by atoms with E-state index in [1.807, 2.05) is 42.8 Å². The molecule has 1 aliphatic heterocycles. The Morgan fingerprint density at radius 2 is 1.84 bits per heavy atom. The molecular formula is C19H24N4O2. The topological polar surface area (TPSA) is 81.2 Å². The summed E-state index contributed by atoms with van der Waals surface area (Å²) in [6, 6.07) is 8.08. The Kier molecular flexibility index (Phi) is 4.88. The Balaban J connectivity index is 1.82. The zero-order valence-electron chi connectivity index (χ0n) is 14.7. The zero-order valence-corrected chi connectivity index (χ0v) is 14.7. The molecule has 2 amide bonds. The van der Waals surface area contributed by atoms with E-state index in [1.165, 1.54) is 5.56 Å². The first kappa shape index (κ1) is 17.2. The third-order valence-electron chi connectivity index (χ3n) is 4.90. The van der Waals surface area contributed by atoms with Crippen molar-refractivity contribution in [3.05, 3.63) is 47.3 Å². The second-order valence-corrected chi connectivity index (χ2v) is 6.57. The van der Waals surface area contributed by atoms with E-state index in [0.29, 0.717) is 37.9 Å². The average molecular weight is 340 g/mol. The molecule has 1 aromatic carbocycles. The second kappa shape index (κ2) is 7.09. The lowest BCUT2D eigenvalue weighted by molar-refractivity contribution is -0.123. The number of benzene rings is 1. The number of nitrogens with two attached hydrogens (primary N) is 1. The van der Waals surface area contributed by atoms with Crippen LogP contribution in [0.15, 0.2) is 30.5 Å². The summed E-state index contributed by atoms with van der Waals surface area (Å²) in [7, 11) is 0. The molecule has 6 heteroatoms. The minimum Gasteiger partial charge on any atom is -0.369 e. The largest absolute Gasteiger partial charge is 0.369 e. The third-order valence-corrected chi connectivity index (χ3v) is 4.90. The van der Waals surface area contributed by atoms with Gasteiger partial charge in [0.05, 0.1) is 23.1 Å². The van der Waals surface area contributed by atoms with Gasteiger partial charge in [-0.05, 0) is 38.3 Å². The van der Waals surface area contributed by atoms with Crippen molar-refractivity contribution in [2.75, 3.05) is 13.1 Å². The average Bonchev–Trinajstić information content (AvgIpc) is 3.05. The Hall–Kier alpha value is -2.63. The monoisotopic (exact) mass is 340 g/mol. The van der Waals surface area contributed by atoms with Gasteiger partial charge in [-0.25, -0.2) is 4.68 Å². The fraction of sp³-hybridized carbons (Fsp3) is 0.421. The summed E-state index contributed by atoms with van der Waals surface area (Å²) in [6.45, 7) is 5.19. The van der Waals surface area contributed by atoms with Crippen molar-refractivity contribution in [2.24, 2.45) is 11.7 Å². The fourth-order valence-electron chi connectivity index (χ4n) is 3.34. The molecule has 1 aliphatic rings. The zero-order chi connectivity index (χ0) is 18.0. The van der Waals surface area contributed by atoms with E-state index in [0.717, 1.165) is 11.4 Å². The molecule has 0 spiro atoms. The van der Waals surface area contributed by atoms with Crippen molar-refractivity contribution in [3.8, 4) is 5.69 Å². The molecule has 0 saturated carbocycles. The molecule has 0 bridgehead atoms. The molecule has 2 N–H and O–H groups in total. The summed E-state index contributed by atoms with van der Waals surface area (Å²) in [5.41, 5.74) is 9.05. The Labute approximate surface area is 147 Å². The van der Waals surface area contributed by atoms with Crippen LogP contribution in [0.25, 0.3) is 5.69 Å². The molecule has 0 aliphatic carbocycles. The van der Waals surface area contributed by atoms with E-state index < -0.39 is 0 Å². The number of carbonyl (C=O) groups excluding carboxylic acids is 2. The summed E-state index contributed by atoms with van der Waals surface area (Å²) in [6.07, 6.45) is 3.64. The Morgan fingerprint density at radius 1 is 1.20 bits per heavy atom. The van der Waals surface area contributed by atoms with Gasteiger partial charge < -0.3 is 10.6 Å². The van der Waals surface area contributed by atoms with E-state index >= 15 is 0 Å². The lowest BCUT2D eigenvalue weighted by atomic mass is 9.96. The van der Waals surface area contributed by atoms with Gasteiger partial charge in [-0.15, -0.1) is 0 Å². The highest BCUT2D eigenvalue weighted by Gasteiger charge is 2.28. The van der Waals surface area contributed by atoms with Gasteiger partial charge in [0.15, 0.2) is 0 Å².